The van der Waals surface area contributed by atoms with Gasteiger partial charge in [0.2, 0.25) is 0 Å². The maximum absolute atomic E-state index is 11.6. The van der Waals surface area contributed by atoms with E-state index in [2.05, 4.69) is 4.98 Å². The van der Waals surface area contributed by atoms with E-state index in [1.807, 2.05) is 29.9 Å². The van der Waals surface area contributed by atoms with Gasteiger partial charge in [-0.1, -0.05) is 0 Å². The molecule has 2 aromatic rings. The van der Waals surface area contributed by atoms with Crippen LogP contribution in [0.1, 0.15) is 30.7 Å². The Kier molecular flexibility index (Phi) is 3.63. The average Bonchev–Trinajstić information content (AvgIpc) is 3.04. The smallest absolute Gasteiger partial charge is 0.321 e. The molecule has 2 N–H and O–H groups in total. The highest BCUT2D eigenvalue weighted by molar-refractivity contribution is 7.98. The molecular weight excluding hydrogens is 316 g/mol. The van der Waals surface area contributed by atoms with Gasteiger partial charge < -0.3 is 14.8 Å². The van der Waals surface area contributed by atoms with Crippen molar-refractivity contribution < 1.29 is 19.8 Å². The average molecular weight is 334 g/mol. The molecule has 0 spiro atoms. The molecule has 122 valence electrons. The van der Waals surface area contributed by atoms with Gasteiger partial charge in [-0.3, -0.25) is 9.59 Å². The van der Waals surface area contributed by atoms with Gasteiger partial charge in [-0.25, -0.2) is 4.98 Å². The monoisotopic (exact) mass is 334 g/mol. The van der Waals surface area contributed by atoms with E-state index in [-0.39, 0.29) is 0 Å². The van der Waals surface area contributed by atoms with Crippen LogP contribution < -0.4 is 0 Å². The molecule has 0 saturated heterocycles. The molecule has 1 aliphatic rings. The van der Waals surface area contributed by atoms with Crippen LogP contribution in [0.2, 0.25) is 0 Å². The van der Waals surface area contributed by atoms with Crippen molar-refractivity contribution >= 4 is 34.6 Å². The van der Waals surface area contributed by atoms with Gasteiger partial charge in [0.25, 0.3) is 0 Å². The standard InChI is InChI=1S/C16H18N2O4S/c1-8-6-11-9(13(17-8)23-3)7-12-10(4-5-18(11)12)16(2,14(19)20)15(21)22/h6-7,10H,4-5H2,1-3H3,(H,19,20)(H,21,22). The summed E-state index contributed by atoms with van der Waals surface area (Å²) >= 11 is 1.53. The second kappa shape index (κ2) is 5.26. The first kappa shape index (κ1) is 15.9. The van der Waals surface area contributed by atoms with Crippen LogP contribution in [0.25, 0.3) is 10.9 Å². The molecule has 1 aliphatic heterocycles. The van der Waals surface area contributed by atoms with E-state index in [1.165, 1.54) is 18.7 Å². The highest BCUT2D eigenvalue weighted by Crippen LogP contribution is 2.46. The SMILES string of the molecule is CSc1nc(C)cc2c1cc1n2CCC1C(C)(C(=O)O)C(=O)O. The molecule has 0 radical (unpaired) electrons. The molecule has 1 atom stereocenters. The number of hydrogen-bond donors (Lipinski definition) is 2. The van der Waals surface area contributed by atoms with Crippen LogP contribution in [-0.4, -0.2) is 38.0 Å². The van der Waals surface area contributed by atoms with Crippen molar-refractivity contribution in [1.82, 2.24) is 9.55 Å². The zero-order valence-corrected chi connectivity index (χ0v) is 14.0. The molecule has 0 amide bonds. The summed E-state index contributed by atoms with van der Waals surface area (Å²) in [5.41, 5.74) is 0.836. The molecule has 3 heterocycles. The zero-order valence-electron chi connectivity index (χ0n) is 13.2. The lowest BCUT2D eigenvalue weighted by molar-refractivity contribution is -0.165. The maximum Gasteiger partial charge on any atom is 0.321 e. The minimum Gasteiger partial charge on any atom is -0.480 e. The van der Waals surface area contributed by atoms with E-state index >= 15 is 0 Å². The van der Waals surface area contributed by atoms with Crippen LogP contribution in [0.15, 0.2) is 17.2 Å². The number of pyridine rings is 1. The molecule has 0 fully saturated rings. The van der Waals surface area contributed by atoms with E-state index in [0.717, 1.165) is 27.3 Å². The van der Waals surface area contributed by atoms with Crippen LogP contribution in [0.3, 0.4) is 0 Å². The van der Waals surface area contributed by atoms with Gasteiger partial charge in [0.1, 0.15) is 5.03 Å². The molecule has 23 heavy (non-hydrogen) atoms. The normalized spacial score (nSPS) is 17.4. The lowest BCUT2D eigenvalue weighted by Crippen LogP contribution is -2.41. The number of carboxylic acids is 2. The van der Waals surface area contributed by atoms with E-state index in [1.54, 1.807) is 0 Å². The molecule has 7 heteroatoms. The minimum absolute atomic E-state index is 0.510. The summed E-state index contributed by atoms with van der Waals surface area (Å²) in [4.78, 5) is 27.8. The van der Waals surface area contributed by atoms with E-state index in [9.17, 15) is 19.8 Å². The van der Waals surface area contributed by atoms with Crippen LogP contribution >= 0.6 is 11.8 Å². The lowest BCUT2D eigenvalue weighted by atomic mass is 9.74. The fourth-order valence-electron chi connectivity index (χ4n) is 3.44. The van der Waals surface area contributed by atoms with Crippen molar-refractivity contribution in [2.24, 2.45) is 5.41 Å². The number of thioether (sulfide) groups is 1. The summed E-state index contributed by atoms with van der Waals surface area (Å²) < 4.78 is 2.04. The molecule has 0 aliphatic carbocycles. The minimum atomic E-state index is -1.83. The summed E-state index contributed by atoms with van der Waals surface area (Å²) in [5.74, 6) is -3.15. The summed E-state index contributed by atoms with van der Waals surface area (Å²) in [6.07, 6.45) is 2.45. The molecule has 1 unspecified atom stereocenters. The van der Waals surface area contributed by atoms with Gasteiger partial charge in [-0.2, -0.15) is 0 Å². The predicted octanol–water partition coefficient (Wildman–Crippen LogP) is 2.73. The summed E-state index contributed by atoms with van der Waals surface area (Å²) in [5, 5.41) is 20.8. The van der Waals surface area contributed by atoms with Crippen molar-refractivity contribution in [3.8, 4) is 0 Å². The fourth-order valence-corrected chi connectivity index (χ4v) is 4.05. The first-order chi connectivity index (χ1) is 10.8. The summed E-state index contributed by atoms with van der Waals surface area (Å²) in [6, 6.07) is 3.88. The van der Waals surface area contributed by atoms with Crippen LogP contribution in [0, 0.1) is 12.3 Å². The molecule has 6 nitrogen and oxygen atoms in total. The molecular formula is C16H18N2O4S. The lowest BCUT2D eigenvalue weighted by Gasteiger charge is -2.26. The van der Waals surface area contributed by atoms with Gasteiger partial charge in [0, 0.05) is 29.2 Å². The topological polar surface area (TPSA) is 92.4 Å². The largest absolute Gasteiger partial charge is 0.480 e. The van der Waals surface area contributed by atoms with E-state index in [4.69, 9.17) is 0 Å². The quantitative estimate of drug-likeness (QED) is 0.660. The third-order valence-electron chi connectivity index (χ3n) is 4.80. The zero-order chi connectivity index (χ0) is 16.9. The van der Waals surface area contributed by atoms with E-state index in [0.29, 0.717) is 13.0 Å². The third-order valence-corrected chi connectivity index (χ3v) is 5.50. The van der Waals surface area contributed by atoms with Gasteiger partial charge >= 0.3 is 11.9 Å². The Morgan fingerprint density at radius 3 is 2.57 bits per heavy atom. The Labute approximate surface area is 137 Å². The van der Waals surface area contributed by atoms with Crippen molar-refractivity contribution in [3.63, 3.8) is 0 Å². The summed E-state index contributed by atoms with van der Waals surface area (Å²) in [6.45, 7) is 3.84. The van der Waals surface area contributed by atoms with Crippen LogP contribution in [0.4, 0.5) is 0 Å². The number of fused-ring (bicyclic) bond motifs is 3. The molecule has 3 rings (SSSR count). The van der Waals surface area contributed by atoms with Gasteiger partial charge in [-0.15, -0.1) is 11.8 Å². The molecule has 0 bridgehead atoms. The Hall–Kier alpha value is -2.02. The number of aliphatic carboxylic acids is 2. The van der Waals surface area contributed by atoms with Gasteiger partial charge in [-0.05, 0) is 38.7 Å². The number of aromatic nitrogens is 2. The summed E-state index contributed by atoms with van der Waals surface area (Å²) in [7, 11) is 0. The molecule has 0 aromatic carbocycles. The first-order valence-corrected chi connectivity index (χ1v) is 8.54. The fraction of sp³-hybridized carbons (Fsp3) is 0.438. The molecule has 0 saturated carbocycles. The first-order valence-electron chi connectivity index (χ1n) is 7.32. The Morgan fingerprint density at radius 1 is 1.35 bits per heavy atom. The van der Waals surface area contributed by atoms with Crippen LogP contribution in [0.5, 0.6) is 0 Å². The number of carbonyl (C=O) groups is 2. The maximum atomic E-state index is 11.6. The highest BCUT2D eigenvalue weighted by atomic mass is 32.2. The number of hydrogen-bond acceptors (Lipinski definition) is 4. The second-order valence-electron chi connectivity index (χ2n) is 6.08. The number of carboxylic acid groups (broad SMARTS) is 2. The van der Waals surface area contributed by atoms with Crippen molar-refractivity contribution in [1.29, 1.82) is 0 Å². The predicted molar refractivity (Wildman–Crippen MR) is 87.0 cm³/mol. The van der Waals surface area contributed by atoms with Crippen molar-refractivity contribution in [3.05, 3.63) is 23.5 Å². The second-order valence-corrected chi connectivity index (χ2v) is 6.88. The van der Waals surface area contributed by atoms with Crippen molar-refractivity contribution in [2.75, 3.05) is 6.26 Å². The van der Waals surface area contributed by atoms with E-state index < -0.39 is 23.3 Å². The number of aryl methyl sites for hydroxylation is 2. The van der Waals surface area contributed by atoms with Crippen molar-refractivity contribution in [2.45, 2.75) is 37.8 Å². The third kappa shape index (κ3) is 2.14. The van der Waals surface area contributed by atoms with Gasteiger partial charge in [0.15, 0.2) is 5.41 Å². The highest BCUT2D eigenvalue weighted by Gasteiger charge is 2.52. The Morgan fingerprint density at radius 2 is 2.00 bits per heavy atom. The van der Waals surface area contributed by atoms with Crippen LogP contribution in [-0.2, 0) is 16.1 Å². The van der Waals surface area contributed by atoms with Gasteiger partial charge in [0.05, 0.1) is 5.52 Å². The Balaban J connectivity index is 2.23. The number of rotatable bonds is 4. The Bertz CT molecular complexity index is 813. The molecule has 2 aromatic heterocycles. The number of nitrogens with zero attached hydrogens (tertiary/aromatic N) is 2.